The lowest BCUT2D eigenvalue weighted by molar-refractivity contribution is 0.132. The number of nitrogens with one attached hydrogen (secondary N) is 1. The molecule has 4 heteroatoms. The molecule has 2 fully saturated rings. The predicted molar refractivity (Wildman–Crippen MR) is 78.9 cm³/mol. The molecule has 2 saturated heterocycles. The fourth-order valence-electron chi connectivity index (χ4n) is 3.77. The molecule has 0 spiro atoms. The smallest absolute Gasteiger partial charge is 0.119 e. The Morgan fingerprint density at radius 1 is 1.10 bits per heavy atom. The highest BCUT2D eigenvalue weighted by molar-refractivity contribution is 5.38. The first-order chi connectivity index (χ1) is 9.52. The molecule has 0 aliphatic carbocycles. The molecule has 0 amide bonds. The Labute approximate surface area is 120 Å². The molecule has 2 aliphatic heterocycles. The Kier molecular flexibility index (Phi) is 3.61. The largest absolute Gasteiger partial charge is 0.508 e. The highest BCUT2D eigenvalue weighted by Crippen LogP contribution is 2.34. The summed E-state index contributed by atoms with van der Waals surface area (Å²) in [5.41, 5.74) is 0.968. The van der Waals surface area contributed by atoms with E-state index in [0.717, 1.165) is 5.56 Å². The third-order valence-electron chi connectivity index (χ3n) is 5.04. The highest BCUT2D eigenvalue weighted by Gasteiger charge is 2.36. The van der Waals surface area contributed by atoms with E-state index in [1.807, 2.05) is 0 Å². The van der Waals surface area contributed by atoms with Crippen LogP contribution in [0.3, 0.4) is 0 Å². The van der Waals surface area contributed by atoms with E-state index in [4.69, 9.17) is 0 Å². The van der Waals surface area contributed by atoms with Gasteiger partial charge in [0.05, 0.1) is 0 Å². The lowest BCUT2D eigenvalue weighted by Gasteiger charge is -2.39. The zero-order valence-corrected chi connectivity index (χ0v) is 12.2. The molecule has 3 N–H and O–H groups in total. The van der Waals surface area contributed by atoms with Crippen molar-refractivity contribution in [3.8, 4) is 11.5 Å². The first kappa shape index (κ1) is 13.7. The predicted octanol–water partition coefficient (Wildman–Crippen LogP) is 2.37. The van der Waals surface area contributed by atoms with Gasteiger partial charge in [-0.15, -0.1) is 0 Å². The molecule has 1 aromatic rings. The minimum absolute atomic E-state index is 0.130. The summed E-state index contributed by atoms with van der Waals surface area (Å²) in [5, 5.41) is 22.9. The molecule has 0 radical (unpaired) electrons. The van der Waals surface area contributed by atoms with Gasteiger partial charge in [0.15, 0.2) is 0 Å². The van der Waals surface area contributed by atoms with Crippen LogP contribution in [0.4, 0.5) is 0 Å². The summed E-state index contributed by atoms with van der Waals surface area (Å²) in [7, 11) is 2.15. The maximum absolute atomic E-state index is 9.64. The summed E-state index contributed by atoms with van der Waals surface area (Å²) < 4.78 is 0. The highest BCUT2D eigenvalue weighted by atomic mass is 16.3. The molecule has 0 aromatic heterocycles. The quantitative estimate of drug-likeness (QED) is 0.793. The summed E-state index contributed by atoms with van der Waals surface area (Å²) in [5.74, 6) is 0.260. The van der Waals surface area contributed by atoms with Gasteiger partial charge in [0.2, 0.25) is 0 Å². The Morgan fingerprint density at radius 2 is 1.65 bits per heavy atom. The summed E-state index contributed by atoms with van der Waals surface area (Å²) in [4.78, 5) is 2.39. The van der Waals surface area contributed by atoms with Gasteiger partial charge >= 0.3 is 0 Å². The second kappa shape index (κ2) is 5.26. The molecule has 3 unspecified atom stereocenters. The number of phenolic OH excluding ortho intramolecular Hbond substituents is 2. The number of piperidine rings is 1. The molecular weight excluding hydrogens is 252 g/mol. The topological polar surface area (TPSA) is 55.7 Å². The van der Waals surface area contributed by atoms with Gasteiger partial charge in [0, 0.05) is 30.2 Å². The fraction of sp³-hybridized carbons (Fsp3) is 0.625. The molecule has 2 heterocycles. The third kappa shape index (κ3) is 2.63. The Hall–Kier alpha value is -1.26. The van der Waals surface area contributed by atoms with Crippen LogP contribution in [0.5, 0.6) is 11.5 Å². The molecular formula is C16H24N2O2. The van der Waals surface area contributed by atoms with Gasteiger partial charge in [0.1, 0.15) is 11.5 Å². The van der Waals surface area contributed by atoms with Gasteiger partial charge in [-0.2, -0.15) is 0 Å². The van der Waals surface area contributed by atoms with Gasteiger partial charge < -0.3 is 15.5 Å². The summed E-state index contributed by atoms with van der Waals surface area (Å²) >= 11 is 0. The van der Waals surface area contributed by atoms with E-state index in [9.17, 15) is 10.2 Å². The van der Waals surface area contributed by atoms with E-state index >= 15 is 0 Å². The lowest BCUT2D eigenvalue weighted by Crippen LogP contribution is -2.47. The van der Waals surface area contributed by atoms with Crippen molar-refractivity contribution < 1.29 is 10.2 Å². The second-order valence-corrected chi connectivity index (χ2v) is 6.39. The molecule has 20 heavy (non-hydrogen) atoms. The summed E-state index contributed by atoms with van der Waals surface area (Å²) in [6.45, 7) is 2.14. The molecule has 0 saturated carbocycles. The van der Waals surface area contributed by atoms with Crippen molar-refractivity contribution in [2.24, 2.45) is 0 Å². The minimum atomic E-state index is 0.130. The standard InChI is InChI=1S/C16H24N2O2/c1-10(11-5-15(19)9-16(20)6-11)18(2)14-7-12-3-4-13(8-14)17-12/h5-6,9-10,12-14,17,19-20H,3-4,7-8H2,1-2H3. The van der Waals surface area contributed by atoms with E-state index in [-0.39, 0.29) is 17.5 Å². The number of aromatic hydroxyl groups is 2. The van der Waals surface area contributed by atoms with Crippen LogP contribution in [0.1, 0.15) is 44.2 Å². The van der Waals surface area contributed by atoms with E-state index in [1.165, 1.54) is 31.7 Å². The van der Waals surface area contributed by atoms with Crippen LogP contribution in [-0.2, 0) is 0 Å². The van der Waals surface area contributed by atoms with Gasteiger partial charge in [0.25, 0.3) is 0 Å². The summed E-state index contributed by atoms with van der Waals surface area (Å²) in [6, 6.07) is 6.98. The third-order valence-corrected chi connectivity index (χ3v) is 5.04. The van der Waals surface area contributed by atoms with Crippen molar-refractivity contribution in [2.75, 3.05) is 7.05 Å². The van der Waals surface area contributed by atoms with Crippen LogP contribution < -0.4 is 5.32 Å². The van der Waals surface area contributed by atoms with Crippen molar-refractivity contribution in [2.45, 2.75) is 56.8 Å². The van der Waals surface area contributed by atoms with Crippen LogP contribution in [-0.4, -0.2) is 40.3 Å². The number of phenols is 2. The van der Waals surface area contributed by atoms with Crippen molar-refractivity contribution in [1.82, 2.24) is 10.2 Å². The van der Waals surface area contributed by atoms with Gasteiger partial charge in [-0.25, -0.2) is 0 Å². The number of benzene rings is 1. The van der Waals surface area contributed by atoms with Crippen molar-refractivity contribution in [3.05, 3.63) is 23.8 Å². The molecule has 1 aromatic carbocycles. The van der Waals surface area contributed by atoms with Crippen LogP contribution in [0, 0.1) is 0 Å². The lowest BCUT2D eigenvalue weighted by atomic mass is 9.95. The van der Waals surface area contributed by atoms with Crippen molar-refractivity contribution in [1.29, 1.82) is 0 Å². The van der Waals surface area contributed by atoms with Crippen molar-refractivity contribution >= 4 is 0 Å². The molecule has 2 aliphatic rings. The number of hydrogen-bond acceptors (Lipinski definition) is 4. The van der Waals surface area contributed by atoms with E-state index < -0.39 is 0 Å². The number of nitrogens with zero attached hydrogens (tertiary/aromatic N) is 1. The average Bonchev–Trinajstić information content (AvgIpc) is 2.74. The second-order valence-electron chi connectivity index (χ2n) is 6.39. The van der Waals surface area contributed by atoms with E-state index in [1.54, 1.807) is 12.1 Å². The zero-order valence-electron chi connectivity index (χ0n) is 12.2. The molecule has 2 bridgehead atoms. The Balaban J connectivity index is 1.74. The van der Waals surface area contributed by atoms with Gasteiger partial charge in [-0.1, -0.05) is 0 Å². The van der Waals surface area contributed by atoms with Crippen LogP contribution in [0.2, 0.25) is 0 Å². The summed E-state index contributed by atoms with van der Waals surface area (Å²) in [6.07, 6.45) is 5.00. The number of fused-ring (bicyclic) bond motifs is 2. The fourth-order valence-corrected chi connectivity index (χ4v) is 3.77. The first-order valence-electron chi connectivity index (χ1n) is 7.54. The van der Waals surface area contributed by atoms with E-state index in [0.29, 0.717) is 18.1 Å². The molecule has 110 valence electrons. The number of rotatable bonds is 3. The van der Waals surface area contributed by atoms with Crippen LogP contribution >= 0.6 is 0 Å². The SMILES string of the molecule is CC(c1cc(O)cc(O)c1)N(C)C1CC2CCC(C1)N2. The molecule has 4 nitrogen and oxygen atoms in total. The zero-order chi connectivity index (χ0) is 14.3. The Bertz CT molecular complexity index is 459. The van der Waals surface area contributed by atoms with E-state index in [2.05, 4.69) is 24.2 Å². The molecule has 3 atom stereocenters. The minimum Gasteiger partial charge on any atom is -0.508 e. The van der Waals surface area contributed by atoms with Gasteiger partial charge in [-0.05, 0) is 57.4 Å². The number of hydrogen-bond donors (Lipinski definition) is 3. The van der Waals surface area contributed by atoms with Crippen molar-refractivity contribution in [3.63, 3.8) is 0 Å². The normalized spacial score (nSPS) is 30.6. The maximum atomic E-state index is 9.64. The Morgan fingerprint density at radius 3 is 2.20 bits per heavy atom. The van der Waals surface area contributed by atoms with Crippen LogP contribution in [0.25, 0.3) is 0 Å². The van der Waals surface area contributed by atoms with Gasteiger partial charge in [-0.3, -0.25) is 4.90 Å². The average molecular weight is 276 g/mol. The van der Waals surface area contributed by atoms with Crippen LogP contribution in [0.15, 0.2) is 18.2 Å². The molecule has 3 rings (SSSR count). The monoisotopic (exact) mass is 276 g/mol. The maximum Gasteiger partial charge on any atom is 0.119 e. The first-order valence-corrected chi connectivity index (χ1v) is 7.54.